The van der Waals surface area contributed by atoms with Crippen LogP contribution in [0.1, 0.15) is 25.8 Å². The van der Waals surface area contributed by atoms with Crippen molar-refractivity contribution in [2.75, 3.05) is 25.1 Å². The molecule has 1 atom stereocenters. The standard InChI is InChI=1S/C17H25ClFN3O2S.HI/c1-12(2)21-17(20-9-14-6-7-25(23,24)11-14)22(3)10-13-4-5-15(18)16(19)8-13;/h4-5,8,12,14H,6-7,9-11H2,1-3H3,(H,20,21);1H. The number of hydrogen-bond donors (Lipinski definition) is 1. The molecule has 1 aromatic carbocycles. The predicted octanol–water partition coefficient (Wildman–Crippen LogP) is 3.32. The van der Waals surface area contributed by atoms with Crippen LogP contribution < -0.4 is 5.32 Å². The molecule has 5 nitrogen and oxygen atoms in total. The minimum absolute atomic E-state index is 0. The average molecular weight is 518 g/mol. The van der Waals surface area contributed by atoms with Gasteiger partial charge in [-0.3, -0.25) is 4.99 Å². The maximum absolute atomic E-state index is 13.6. The zero-order valence-corrected chi connectivity index (χ0v) is 19.1. The van der Waals surface area contributed by atoms with Crippen molar-refractivity contribution in [1.29, 1.82) is 0 Å². The third-order valence-corrected chi connectivity index (χ3v) is 6.15. The summed E-state index contributed by atoms with van der Waals surface area (Å²) < 4.78 is 36.8. The normalized spacial score (nSPS) is 19.3. The van der Waals surface area contributed by atoms with Gasteiger partial charge in [0.05, 0.1) is 16.5 Å². The molecule has 1 aromatic rings. The molecule has 1 N–H and O–H groups in total. The van der Waals surface area contributed by atoms with Gasteiger partial charge >= 0.3 is 0 Å². The molecule has 1 fully saturated rings. The van der Waals surface area contributed by atoms with Crippen molar-refractivity contribution in [3.05, 3.63) is 34.6 Å². The molecule has 1 aliphatic heterocycles. The number of sulfone groups is 1. The van der Waals surface area contributed by atoms with E-state index in [1.807, 2.05) is 25.8 Å². The lowest BCUT2D eigenvalue weighted by atomic mass is 10.1. The molecule has 0 saturated carbocycles. The molecular weight excluding hydrogens is 492 g/mol. The number of aliphatic imine (C=N–C) groups is 1. The monoisotopic (exact) mass is 517 g/mol. The number of halogens is 3. The second kappa shape index (κ2) is 10.1. The second-order valence-corrected chi connectivity index (χ2v) is 9.47. The Morgan fingerprint density at radius 2 is 2.15 bits per heavy atom. The van der Waals surface area contributed by atoms with Crippen LogP contribution in [0.5, 0.6) is 0 Å². The third kappa shape index (κ3) is 7.19. The average Bonchev–Trinajstić information content (AvgIpc) is 2.86. The first-order valence-electron chi connectivity index (χ1n) is 8.33. The van der Waals surface area contributed by atoms with Crippen molar-refractivity contribution in [1.82, 2.24) is 10.2 Å². The SMILES string of the molecule is CC(C)NC(=NCC1CCS(=O)(=O)C1)N(C)Cc1ccc(Cl)c(F)c1.I. The Kier molecular flexibility index (Phi) is 9.08. The quantitative estimate of drug-likeness (QED) is 0.370. The van der Waals surface area contributed by atoms with Crippen LogP contribution in [0.3, 0.4) is 0 Å². The van der Waals surface area contributed by atoms with Gasteiger partial charge in [0.15, 0.2) is 15.8 Å². The van der Waals surface area contributed by atoms with Crippen molar-refractivity contribution >= 4 is 51.4 Å². The third-order valence-electron chi connectivity index (χ3n) is 4.01. The summed E-state index contributed by atoms with van der Waals surface area (Å²) in [6.45, 7) is 4.94. The van der Waals surface area contributed by atoms with Gasteiger partial charge in [0.25, 0.3) is 0 Å². The van der Waals surface area contributed by atoms with Gasteiger partial charge in [0, 0.05) is 26.2 Å². The molecule has 1 aliphatic rings. The predicted molar refractivity (Wildman–Crippen MR) is 116 cm³/mol. The van der Waals surface area contributed by atoms with Gasteiger partial charge in [-0.15, -0.1) is 24.0 Å². The summed E-state index contributed by atoms with van der Waals surface area (Å²) in [5.41, 5.74) is 0.783. The van der Waals surface area contributed by atoms with Crippen molar-refractivity contribution in [2.24, 2.45) is 10.9 Å². The summed E-state index contributed by atoms with van der Waals surface area (Å²) in [6.07, 6.45) is 0.660. The Morgan fingerprint density at radius 1 is 1.46 bits per heavy atom. The van der Waals surface area contributed by atoms with E-state index in [0.29, 0.717) is 25.5 Å². The number of nitrogens with one attached hydrogen (secondary N) is 1. The molecule has 0 aromatic heterocycles. The molecule has 1 saturated heterocycles. The van der Waals surface area contributed by atoms with E-state index in [-0.39, 0.29) is 52.5 Å². The van der Waals surface area contributed by atoms with Gasteiger partial charge < -0.3 is 10.2 Å². The highest BCUT2D eigenvalue weighted by Crippen LogP contribution is 2.19. The van der Waals surface area contributed by atoms with Crippen LogP contribution in [0, 0.1) is 11.7 Å². The summed E-state index contributed by atoms with van der Waals surface area (Å²) >= 11 is 5.72. The summed E-state index contributed by atoms with van der Waals surface area (Å²) in [5.74, 6) is 0.751. The lowest BCUT2D eigenvalue weighted by Gasteiger charge is -2.25. The topological polar surface area (TPSA) is 61.8 Å². The largest absolute Gasteiger partial charge is 0.354 e. The molecule has 148 valence electrons. The molecule has 26 heavy (non-hydrogen) atoms. The molecule has 0 aliphatic carbocycles. The van der Waals surface area contributed by atoms with Gasteiger partial charge in [0.2, 0.25) is 0 Å². The van der Waals surface area contributed by atoms with Crippen molar-refractivity contribution < 1.29 is 12.8 Å². The number of nitrogens with zero attached hydrogens (tertiary/aromatic N) is 2. The molecule has 1 heterocycles. The Balaban J connectivity index is 0.00000338. The van der Waals surface area contributed by atoms with Gasteiger partial charge in [0.1, 0.15) is 5.82 Å². The van der Waals surface area contributed by atoms with Crippen LogP contribution in [0.4, 0.5) is 4.39 Å². The fourth-order valence-corrected chi connectivity index (χ4v) is 4.72. The van der Waals surface area contributed by atoms with E-state index in [4.69, 9.17) is 11.6 Å². The minimum atomic E-state index is -2.90. The summed E-state index contributed by atoms with van der Waals surface area (Å²) in [5, 5.41) is 3.38. The Labute approximate surface area is 177 Å². The van der Waals surface area contributed by atoms with E-state index < -0.39 is 15.7 Å². The first-order valence-corrected chi connectivity index (χ1v) is 10.5. The molecule has 0 amide bonds. The van der Waals surface area contributed by atoms with Gasteiger partial charge in [-0.2, -0.15) is 0 Å². The smallest absolute Gasteiger partial charge is 0.194 e. The van der Waals surface area contributed by atoms with E-state index in [0.717, 1.165) is 5.56 Å². The van der Waals surface area contributed by atoms with Crippen LogP contribution in [-0.4, -0.2) is 50.4 Å². The van der Waals surface area contributed by atoms with Crippen LogP contribution >= 0.6 is 35.6 Å². The van der Waals surface area contributed by atoms with Gasteiger partial charge in [-0.25, -0.2) is 12.8 Å². The molecule has 1 unspecified atom stereocenters. The van der Waals surface area contributed by atoms with Crippen molar-refractivity contribution in [3.63, 3.8) is 0 Å². The Bertz CT molecular complexity index is 744. The zero-order chi connectivity index (χ0) is 18.6. The van der Waals surface area contributed by atoms with Crippen LogP contribution in [-0.2, 0) is 16.4 Å². The maximum Gasteiger partial charge on any atom is 0.194 e. The highest BCUT2D eigenvalue weighted by Gasteiger charge is 2.27. The van der Waals surface area contributed by atoms with Crippen molar-refractivity contribution in [3.8, 4) is 0 Å². The van der Waals surface area contributed by atoms with E-state index in [9.17, 15) is 12.8 Å². The second-order valence-electron chi connectivity index (χ2n) is 6.84. The summed E-state index contributed by atoms with van der Waals surface area (Å²) in [6, 6.07) is 4.90. The molecular formula is C17H26ClFIN3O2S. The number of hydrogen-bond acceptors (Lipinski definition) is 3. The van der Waals surface area contributed by atoms with Gasteiger partial charge in [-0.05, 0) is 43.9 Å². The molecule has 2 rings (SSSR count). The van der Waals surface area contributed by atoms with Crippen LogP contribution in [0.25, 0.3) is 0 Å². The number of rotatable bonds is 5. The highest BCUT2D eigenvalue weighted by molar-refractivity contribution is 14.0. The molecule has 0 bridgehead atoms. The van der Waals surface area contributed by atoms with Crippen LogP contribution in [0.15, 0.2) is 23.2 Å². The first-order chi connectivity index (χ1) is 11.7. The Hall–Kier alpha value is -0.610. The number of benzene rings is 1. The van der Waals surface area contributed by atoms with E-state index in [1.54, 1.807) is 6.07 Å². The Morgan fingerprint density at radius 3 is 2.69 bits per heavy atom. The molecule has 9 heteroatoms. The summed E-state index contributed by atoms with van der Waals surface area (Å²) in [4.78, 5) is 6.49. The summed E-state index contributed by atoms with van der Waals surface area (Å²) in [7, 11) is -1.03. The maximum atomic E-state index is 13.6. The fraction of sp³-hybridized carbons (Fsp3) is 0.588. The molecule has 0 radical (unpaired) electrons. The first kappa shape index (κ1) is 23.4. The van der Waals surface area contributed by atoms with Crippen LogP contribution in [0.2, 0.25) is 5.02 Å². The highest BCUT2D eigenvalue weighted by atomic mass is 127. The van der Waals surface area contributed by atoms with E-state index >= 15 is 0 Å². The van der Waals surface area contributed by atoms with Gasteiger partial charge in [-0.1, -0.05) is 17.7 Å². The fourth-order valence-electron chi connectivity index (χ4n) is 2.75. The van der Waals surface area contributed by atoms with Crippen molar-refractivity contribution in [2.45, 2.75) is 32.9 Å². The number of guanidine groups is 1. The minimum Gasteiger partial charge on any atom is -0.354 e. The molecule has 0 spiro atoms. The van der Waals surface area contributed by atoms with E-state index in [2.05, 4.69) is 10.3 Å². The zero-order valence-electron chi connectivity index (χ0n) is 15.2. The lowest BCUT2D eigenvalue weighted by molar-refractivity contribution is 0.460. The lowest BCUT2D eigenvalue weighted by Crippen LogP contribution is -2.42. The van der Waals surface area contributed by atoms with E-state index in [1.165, 1.54) is 12.1 Å².